The number of nitrogens with one attached hydrogen (secondary N) is 4. The number of carboxylic acids is 2. The van der Waals surface area contributed by atoms with Crippen molar-refractivity contribution < 1.29 is 48.6 Å². The number of amides is 6. The van der Waals surface area contributed by atoms with Crippen molar-refractivity contribution in [3.63, 3.8) is 0 Å². The summed E-state index contributed by atoms with van der Waals surface area (Å²) in [5, 5.41) is 29.9. The molecule has 1 aliphatic rings. The van der Waals surface area contributed by atoms with Gasteiger partial charge in [0.15, 0.2) is 0 Å². The predicted octanol–water partition coefficient (Wildman–Crippen LogP) is 1.35. The quantitative estimate of drug-likeness (QED) is 0.0691. The lowest BCUT2D eigenvalue weighted by molar-refractivity contribution is -0.141. The number of aromatic nitrogens is 1. The molecule has 19 heteroatoms. The lowest BCUT2D eigenvalue weighted by atomic mass is 9.76. The Bertz CT molecular complexity index is 2060. The smallest absolute Gasteiger partial charge is 0.321 e. The highest BCUT2D eigenvalue weighted by Crippen LogP contribution is 2.35. The molecule has 3 rings (SSSR count). The summed E-state index contributed by atoms with van der Waals surface area (Å²) in [6.07, 6.45) is 2.62. The number of fused-ring (bicyclic) bond motifs is 1. The molecular weight excluding hydrogens is 821 g/mol. The van der Waals surface area contributed by atoms with Crippen molar-refractivity contribution in [3.05, 3.63) is 47.7 Å². The Morgan fingerprint density at radius 3 is 2.19 bits per heavy atom. The van der Waals surface area contributed by atoms with Crippen LogP contribution in [0.5, 0.6) is 0 Å². The number of aliphatic carboxylic acids is 2. The van der Waals surface area contributed by atoms with Gasteiger partial charge in [0.25, 0.3) is 0 Å². The van der Waals surface area contributed by atoms with E-state index in [0.29, 0.717) is 0 Å². The Morgan fingerprint density at radius 1 is 1.00 bits per heavy atom. The number of likely N-dealkylation sites (N-methyl/N-ethyl adjacent to an activating group) is 2. The van der Waals surface area contributed by atoms with Gasteiger partial charge in [-0.25, -0.2) is 0 Å². The van der Waals surface area contributed by atoms with Crippen molar-refractivity contribution >= 4 is 70.0 Å². The van der Waals surface area contributed by atoms with Crippen molar-refractivity contribution in [1.29, 1.82) is 0 Å². The molecule has 0 bridgehead atoms. The van der Waals surface area contributed by atoms with Crippen molar-refractivity contribution in [2.24, 2.45) is 24.1 Å². The van der Waals surface area contributed by atoms with Gasteiger partial charge >= 0.3 is 11.9 Å². The number of nitrogens with zero attached hydrogens (tertiary/aromatic N) is 3. The van der Waals surface area contributed by atoms with Crippen LogP contribution < -0.4 is 27.0 Å². The Kier molecular flexibility index (Phi) is 17.5. The first-order valence-electron chi connectivity index (χ1n) is 20.5. The second-order valence-corrected chi connectivity index (χ2v) is 19.0. The van der Waals surface area contributed by atoms with E-state index in [1.807, 2.05) is 90.5 Å². The van der Waals surface area contributed by atoms with E-state index in [0.717, 1.165) is 33.1 Å². The molecule has 6 amide bonds. The van der Waals surface area contributed by atoms with Gasteiger partial charge in [0.05, 0.1) is 23.8 Å². The summed E-state index contributed by atoms with van der Waals surface area (Å²) in [6, 6.07) is 2.79. The minimum absolute atomic E-state index is 0.0855. The van der Waals surface area contributed by atoms with Gasteiger partial charge in [-0.1, -0.05) is 72.7 Å². The molecule has 1 saturated heterocycles. The van der Waals surface area contributed by atoms with Crippen LogP contribution in [0.3, 0.4) is 0 Å². The molecule has 6 atom stereocenters. The molecule has 0 spiro atoms. The first kappa shape index (κ1) is 51.1. The Balaban J connectivity index is 1.74. The van der Waals surface area contributed by atoms with Gasteiger partial charge < -0.3 is 46.7 Å². The average Bonchev–Trinajstić information content (AvgIpc) is 3.67. The Labute approximate surface area is 367 Å². The average molecular weight is 885 g/mol. The van der Waals surface area contributed by atoms with Crippen molar-refractivity contribution in [2.75, 3.05) is 32.9 Å². The lowest BCUT2D eigenvalue weighted by Crippen LogP contribution is -2.61. The molecule has 342 valence electrons. The molecule has 1 fully saturated rings. The second kappa shape index (κ2) is 21.2. The van der Waals surface area contributed by atoms with E-state index in [1.165, 1.54) is 11.8 Å². The Morgan fingerprint density at radius 2 is 1.63 bits per heavy atom. The number of benzene rings is 1. The van der Waals surface area contributed by atoms with Crippen LogP contribution in [-0.4, -0.2) is 140 Å². The molecule has 62 heavy (non-hydrogen) atoms. The van der Waals surface area contributed by atoms with Crippen LogP contribution in [0.4, 0.5) is 0 Å². The fraction of sp³-hybridized carbons (Fsp3) is 0.581. The first-order valence-corrected chi connectivity index (χ1v) is 21.5. The van der Waals surface area contributed by atoms with Gasteiger partial charge in [0.1, 0.15) is 18.1 Å². The minimum Gasteiger partial charge on any atom is -0.481 e. The van der Waals surface area contributed by atoms with Crippen molar-refractivity contribution in [1.82, 2.24) is 35.6 Å². The zero-order valence-electron chi connectivity index (χ0n) is 37.5. The molecule has 1 aliphatic heterocycles. The zero-order chi connectivity index (χ0) is 47.0. The summed E-state index contributed by atoms with van der Waals surface area (Å²) in [4.78, 5) is 106. The Hall–Kier alpha value is -5.27. The number of para-hydroxylation sites is 1. The largest absolute Gasteiger partial charge is 0.481 e. The van der Waals surface area contributed by atoms with E-state index >= 15 is 0 Å². The number of carbonyl (C=O) groups excluding carboxylic acids is 6. The van der Waals surface area contributed by atoms with E-state index < -0.39 is 94.2 Å². The number of thioether (sulfide) groups is 1. The predicted molar refractivity (Wildman–Crippen MR) is 236 cm³/mol. The summed E-state index contributed by atoms with van der Waals surface area (Å²) < 4.78 is 2.02. The van der Waals surface area contributed by atoms with Crippen LogP contribution in [0.25, 0.3) is 10.9 Å². The number of nitrogens with two attached hydrogens (primary N) is 1. The SMILES string of the molecule is CN[C@H](C(=O)NC(C(=O)N(C)[C@H](/C=C(\C)C(=O)N[C@H](CC(=O)O)C(=O)NCCN1C(=O)CC(SC[C@H](N)C(=O)O)C1=O)C(C)C)C(C)(C)C)C(C)(C)c1cn(C)c2ccccc12. The van der Waals surface area contributed by atoms with Crippen LogP contribution in [0.15, 0.2) is 42.1 Å². The molecule has 2 aromatic rings. The second-order valence-electron chi connectivity index (χ2n) is 17.7. The van der Waals surface area contributed by atoms with E-state index in [4.69, 9.17) is 10.8 Å². The third-order valence-corrected chi connectivity index (χ3v) is 12.5. The van der Waals surface area contributed by atoms with Crippen LogP contribution in [0.1, 0.15) is 73.8 Å². The minimum atomic E-state index is -1.54. The van der Waals surface area contributed by atoms with Gasteiger partial charge in [0, 0.05) is 67.4 Å². The standard InChI is InChI=1S/C43H64N8O10S/c1-23(2)30(50(11)40(59)35(42(4,5)6)48-38(57)34(45-9)43(7,8)26-21-49(10)29-15-13-12-14-25(26)29)18-24(3)36(55)47-28(19-33(53)54)37(56)46-16-17-51-32(52)20-31(39(51)58)62-22-27(44)41(60)61/h12-15,18,21,23,27-28,30-31,34-35,45H,16-17,19-20,22,44H2,1-11H3,(H,46,56)(H,47,55)(H,48,57)(H,53,54)(H,60,61)/b24-18+/t27-,28+,30+,31?,34+,35?/m0/s1. The number of rotatable bonds is 21. The number of carbonyl (C=O) groups is 8. The summed E-state index contributed by atoms with van der Waals surface area (Å²) in [6.45, 7) is 14.2. The monoisotopic (exact) mass is 884 g/mol. The third-order valence-electron chi connectivity index (χ3n) is 11.2. The number of likely N-dealkylation sites (tertiary alicyclic amines) is 1. The maximum atomic E-state index is 14.4. The highest BCUT2D eigenvalue weighted by Gasteiger charge is 2.43. The molecule has 2 unspecified atom stereocenters. The molecule has 1 aromatic carbocycles. The number of imide groups is 1. The maximum Gasteiger partial charge on any atom is 0.321 e. The molecule has 0 radical (unpaired) electrons. The van der Waals surface area contributed by atoms with Gasteiger partial charge in [-0.15, -0.1) is 11.8 Å². The molecule has 18 nitrogen and oxygen atoms in total. The molecular formula is C43H64N8O10S. The molecule has 8 N–H and O–H groups in total. The zero-order valence-corrected chi connectivity index (χ0v) is 38.3. The molecule has 0 aliphatic carbocycles. The summed E-state index contributed by atoms with van der Waals surface area (Å²) >= 11 is 0.948. The fourth-order valence-corrected chi connectivity index (χ4v) is 8.63. The fourth-order valence-electron chi connectivity index (χ4n) is 7.52. The maximum absolute atomic E-state index is 14.4. The molecule has 1 aromatic heterocycles. The van der Waals surface area contributed by atoms with Crippen LogP contribution in [-0.2, 0) is 50.8 Å². The molecule has 2 heterocycles. The third kappa shape index (κ3) is 12.4. The van der Waals surface area contributed by atoms with E-state index in [1.54, 1.807) is 20.2 Å². The van der Waals surface area contributed by atoms with Gasteiger partial charge in [0.2, 0.25) is 35.4 Å². The van der Waals surface area contributed by atoms with Crippen molar-refractivity contribution in [3.8, 4) is 0 Å². The van der Waals surface area contributed by atoms with E-state index in [-0.39, 0.29) is 42.7 Å². The van der Waals surface area contributed by atoms with E-state index in [2.05, 4.69) is 21.3 Å². The first-order chi connectivity index (χ1) is 28.7. The summed E-state index contributed by atoms with van der Waals surface area (Å²) in [5.74, 6) is -6.44. The van der Waals surface area contributed by atoms with Crippen LogP contribution >= 0.6 is 11.8 Å². The topological polar surface area (TPSA) is 263 Å². The van der Waals surface area contributed by atoms with Crippen LogP contribution in [0.2, 0.25) is 0 Å². The highest BCUT2D eigenvalue weighted by atomic mass is 32.2. The van der Waals surface area contributed by atoms with Crippen molar-refractivity contribution in [2.45, 2.75) is 109 Å². The van der Waals surface area contributed by atoms with Gasteiger partial charge in [-0.05, 0) is 36.9 Å². The van der Waals surface area contributed by atoms with Crippen LogP contribution in [0, 0.1) is 11.3 Å². The summed E-state index contributed by atoms with van der Waals surface area (Å²) in [7, 11) is 5.24. The molecule has 0 saturated carbocycles. The number of hydrogen-bond donors (Lipinski definition) is 7. The van der Waals surface area contributed by atoms with Gasteiger partial charge in [-0.2, -0.15) is 0 Å². The van der Waals surface area contributed by atoms with E-state index in [9.17, 15) is 43.5 Å². The highest BCUT2D eigenvalue weighted by molar-refractivity contribution is 8.00. The normalized spacial score (nSPS) is 17.3. The number of carboxylic acid groups (broad SMARTS) is 2. The number of hydrogen-bond acceptors (Lipinski definition) is 11. The van der Waals surface area contributed by atoms with Gasteiger partial charge in [-0.3, -0.25) is 43.3 Å². The summed E-state index contributed by atoms with van der Waals surface area (Å²) in [5.41, 5.74) is 6.12. The number of aryl methyl sites for hydroxylation is 1. The lowest BCUT2D eigenvalue weighted by Gasteiger charge is -2.39.